The molecule has 0 saturated carbocycles. The molecule has 37 heavy (non-hydrogen) atoms. The molecule has 2 aliphatic rings. The molecule has 3 heterocycles. The maximum absolute atomic E-state index is 14.7. The first-order chi connectivity index (χ1) is 18.0. The number of aromatic nitrogens is 1. The van der Waals surface area contributed by atoms with Gasteiger partial charge in [0, 0.05) is 44.0 Å². The summed E-state index contributed by atoms with van der Waals surface area (Å²) in [5, 5.41) is 12.3. The molecule has 3 aromatic rings. The lowest BCUT2D eigenvalue weighted by Gasteiger charge is -2.37. The number of amides is 2. The van der Waals surface area contributed by atoms with Gasteiger partial charge in [-0.15, -0.1) is 0 Å². The summed E-state index contributed by atoms with van der Waals surface area (Å²) in [6.45, 7) is 1.19. The molecular formula is C27H26FN3O6. The molecule has 1 fully saturated rings. The Hall–Kier alpha value is -4.34. The highest BCUT2D eigenvalue weighted by molar-refractivity contribution is 5.94. The topological polar surface area (TPSA) is 110 Å². The van der Waals surface area contributed by atoms with E-state index in [1.165, 1.54) is 11.0 Å². The molecule has 0 radical (unpaired) electrons. The van der Waals surface area contributed by atoms with Crippen LogP contribution in [0, 0.1) is 11.7 Å². The van der Waals surface area contributed by atoms with Crippen LogP contribution in [0.3, 0.4) is 0 Å². The molecule has 1 saturated heterocycles. The third-order valence-corrected chi connectivity index (χ3v) is 6.65. The van der Waals surface area contributed by atoms with E-state index in [1.54, 1.807) is 48.8 Å². The lowest BCUT2D eigenvalue weighted by molar-refractivity contribution is 0.0937. The number of pyridine rings is 1. The van der Waals surface area contributed by atoms with Gasteiger partial charge in [-0.3, -0.25) is 9.78 Å². The van der Waals surface area contributed by atoms with Gasteiger partial charge in [0.2, 0.25) is 6.79 Å². The number of carboxylic acid groups (broad SMARTS) is 1. The Morgan fingerprint density at radius 3 is 2.84 bits per heavy atom. The molecule has 2 atom stereocenters. The molecule has 9 nitrogen and oxygen atoms in total. The van der Waals surface area contributed by atoms with E-state index in [1.807, 2.05) is 6.07 Å². The summed E-state index contributed by atoms with van der Waals surface area (Å²) in [5.74, 6) is 0.306. The number of ether oxygens (including phenoxy) is 3. The number of benzene rings is 2. The van der Waals surface area contributed by atoms with Crippen molar-refractivity contribution in [3.8, 4) is 17.2 Å². The summed E-state index contributed by atoms with van der Waals surface area (Å²) in [7, 11) is 0. The van der Waals surface area contributed by atoms with Gasteiger partial charge >= 0.3 is 6.09 Å². The minimum Gasteiger partial charge on any atom is -0.493 e. The standard InChI is InChI=1S/C27H26FN3O6/c28-23-5-3-18(10-22(23)26(32)30-13-17-2-1-8-29-12-17)21-7-9-31(27(33)34)14-19(21)15-35-20-4-6-24-25(11-20)37-16-36-24/h1-6,8,10-12,19,21H,7,9,13-16H2,(H,30,32)(H,33,34)/t19-,21-/m0/s1. The van der Waals surface area contributed by atoms with Crippen molar-refractivity contribution in [1.29, 1.82) is 0 Å². The monoisotopic (exact) mass is 507 g/mol. The SMILES string of the molecule is O=C(NCc1cccnc1)c1cc([C@@H]2CCN(C(=O)O)C[C@H]2COc2ccc3c(c2)OCO3)ccc1F. The van der Waals surface area contributed by atoms with Gasteiger partial charge in [-0.2, -0.15) is 0 Å². The first kappa shape index (κ1) is 24.4. The number of likely N-dealkylation sites (tertiary alicyclic amines) is 1. The summed E-state index contributed by atoms with van der Waals surface area (Å²) in [5.41, 5.74) is 1.50. The van der Waals surface area contributed by atoms with Gasteiger partial charge in [0.15, 0.2) is 11.5 Å². The zero-order chi connectivity index (χ0) is 25.8. The third kappa shape index (κ3) is 5.58. The lowest BCUT2D eigenvalue weighted by Crippen LogP contribution is -2.44. The minimum atomic E-state index is -0.999. The van der Waals surface area contributed by atoms with Crippen LogP contribution < -0.4 is 19.5 Å². The van der Waals surface area contributed by atoms with E-state index in [9.17, 15) is 19.1 Å². The molecule has 0 aliphatic carbocycles. The number of halogens is 1. The second-order valence-electron chi connectivity index (χ2n) is 8.99. The number of rotatable bonds is 7. The molecular weight excluding hydrogens is 481 g/mol. The first-order valence-electron chi connectivity index (χ1n) is 11.9. The number of carbonyl (C=O) groups excluding carboxylic acids is 1. The Morgan fingerprint density at radius 2 is 2.03 bits per heavy atom. The fraction of sp³-hybridized carbons (Fsp3) is 0.296. The number of fused-ring (bicyclic) bond motifs is 1. The second kappa shape index (κ2) is 10.7. The van der Waals surface area contributed by atoms with Crippen molar-refractivity contribution in [1.82, 2.24) is 15.2 Å². The van der Waals surface area contributed by atoms with E-state index < -0.39 is 17.8 Å². The van der Waals surface area contributed by atoms with Crippen LogP contribution in [0.15, 0.2) is 60.9 Å². The Balaban J connectivity index is 1.32. The molecule has 192 valence electrons. The van der Waals surface area contributed by atoms with Gasteiger partial charge in [-0.1, -0.05) is 12.1 Å². The zero-order valence-electron chi connectivity index (χ0n) is 19.9. The summed E-state index contributed by atoms with van der Waals surface area (Å²) in [4.78, 5) is 29.8. The Morgan fingerprint density at radius 1 is 1.16 bits per heavy atom. The number of piperidine rings is 1. The summed E-state index contributed by atoms with van der Waals surface area (Å²) >= 11 is 0. The predicted octanol–water partition coefficient (Wildman–Crippen LogP) is 4.04. The minimum absolute atomic E-state index is 0.0579. The number of hydrogen-bond donors (Lipinski definition) is 2. The Bertz CT molecular complexity index is 1290. The van der Waals surface area contributed by atoms with Crippen molar-refractivity contribution >= 4 is 12.0 Å². The lowest BCUT2D eigenvalue weighted by atomic mass is 9.80. The Labute approximate surface area is 212 Å². The van der Waals surface area contributed by atoms with Crippen LogP contribution in [0.1, 0.15) is 33.8 Å². The van der Waals surface area contributed by atoms with E-state index in [4.69, 9.17) is 14.2 Å². The van der Waals surface area contributed by atoms with Crippen LogP contribution in [0.2, 0.25) is 0 Å². The van der Waals surface area contributed by atoms with Crippen LogP contribution in [-0.2, 0) is 6.54 Å². The van der Waals surface area contributed by atoms with Crippen molar-refractivity contribution in [3.63, 3.8) is 0 Å². The predicted molar refractivity (Wildman–Crippen MR) is 130 cm³/mol. The van der Waals surface area contributed by atoms with Crippen molar-refractivity contribution in [2.24, 2.45) is 5.92 Å². The summed E-state index contributed by atoms with van der Waals surface area (Å²) in [6, 6.07) is 13.3. The van der Waals surface area contributed by atoms with Crippen LogP contribution in [0.25, 0.3) is 0 Å². The van der Waals surface area contributed by atoms with Crippen LogP contribution in [0.4, 0.5) is 9.18 Å². The van der Waals surface area contributed by atoms with Crippen molar-refractivity contribution in [3.05, 3.63) is 83.4 Å². The highest BCUT2D eigenvalue weighted by Crippen LogP contribution is 2.37. The van der Waals surface area contributed by atoms with E-state index in [0.29, 0.717) is 30.2 Å². The number of nitrogens with one attached hydrogen (secondary N) is 1. The number of hydrogen-bond acceptors (Lipinski definition) is 6. The average Bonchev–Trinajstić information content (AvgIpc) is 3.39. The third-order valence-electron chi connectivity index (χ3n) is 6.65. The summed E-state index contributed by atoms with van der Waals surface area (Å²) in [6.07, 6.45) is 2.79. The molecule has 2 aromatic carbocycles. The van der Waals surface area contributed by atoms with Crippen molar-refractivity contribution in [2.75, 3.05) is 26.5 Å². The fourth-order valence-corrected chi connectivity index (χ4v) is 4.71. The van der Waals surface area contributed by atoms with Crippen LogP contribution in [0.5, 0.6) is 17.2 Å². The van der Waals surface area contributed by atoms with E-state index in [0.717, 1.165) is 11.1 Å². The Kier molecular flexibility index (Phi) is 7.07. The molecule has 0 spiro atoms. The highest BCUT2D eigenvalue weighted by Gasteiger charge is 2.34. The zero-order valence-corrected chi connectivity index (χ0v) is 19.9. The van der Waals surface area contributed by atoms with Crippen LogP contribution >= 0.6 is 0 Å². The highest BCUT2D eigenvalue weighted by atomic mass is 19.1. The fourth-order valence-electron chi connectivity index (χ4n) is 4.71. The smallest absolute Gasteiger partial charge is 0.407 e. The van der Waals surface area contributed by atoms with E-state index in [2.05, 4.69) is 10.3 Å². The normalized spacial score (nSPS) is 18.4. The van der Waals surface area contributed by atoms with Gasteiger partial charge in [0.25, 0.3) is 5.91 Å². The van der Waals surface area contributed by atoms with Gasteiger partial charge in [-0.05, 0) is 53.8 Å². The van der Waals surface area contributed by atoms with Gasteiger partial charge in [0.05, 0.1) is 12.2 Å². The van der Waals surface area contributed by atoms with Crippen molar-refractivity contribution < 1.29 is 33.3 Å². The maximum atomic E-state index is 14.7. The molecule has 2 amide bonds. The molecule has 0 unspecified atom stereocenters. The van der Waals surface area contributed by atoms with E-state index in [-0.39, 0.29) is 43.9 Å². The van der Waals surface area contributed by atoms with Crippen LogP contribution in [-0.4, -0.2) is 53.5 Å². The molecule has 1 aromatic heterocycles. The van der Waals surface area contributed by atoms with Gasteiger partial charge in [-0.25, -0.2) is 9.18 Å². The quantitative estimate of drug-likeness (QED) is 0.497. The van der Waals surface area contributed by atoms with Gasteiger partial charge < -0.3 is 29.5 Å². The largest absolute Gasteiger partial charge is 0.493 e. The number of carbonyl (C=O) groups is 2. The number of nitrogens with zero attached hydrogens (tertiary/aromatic N) is 2. The average molecular weight is 508 g/mol. The second-order valence-corrected chi connectivity index (χ2v) is 8.99. The molecule has 2 N–H and O–H groups in total. The van der Waals surface area contributed by atoms with E-state index >= 15 is 0 Å². The molecule has 2 aliphatic heterocycles. The molecule has 5 rings (SSSR count). The summed E-state index contributed by atoms with van der Waals surface area (Å²) < 4.78 is 31.4. The molecule has 10 heteroatoms. The first-order valence-corrected chi connectivity index (χ1v) is 11.9. The van der Waals surface area contributed by atoms with Crippen molar-refractivity contribution in [2.45, 2.75) is 18.9 Å². The maximum Gasteiger partial charge on any atom is 0.407 e. The van der Waals surface area contributed by atoms with Gasteiger partial charge in [0.1, 0.15) is 11.6 Å². The molecule has 0 bridgehead atoms.